The molecule has 164 valence electrons. The number of carbonyl (C=O) groups excluding carboxylic acids is 1. The predicted octanol–water partition coefficient (Wildman–Crippen LogP) is 1.74. The number of pyridine rings is 1. The molecule has 1 N–H and O–H groups in total. The number of rotatable bonds is 6. The van der Waals surface area contributed by atoms with Gasteiger partial charge in [-0.15, -0.1) is 0 Å². The first-order valence-corrected chi connectivity index (χ1v) is 12.3. The van der Waals surface area contributed by atoms with Gasteiger partial charge in [0.05, 0.1) is 11.7 Å². The van der Waals surface area contributed by atoms with Gasteiger partial charge in [-0.2, -0.15) is 13.5 Å². The summed E-state index contributed by atoms with van der Waals surface area (Å²) in [4.78, 5) is 21.5. The second-order valence-electron chi connectivity index (χ2n) is 7.73. The first kappa shape index (κ1) is 21.6. The first-order valence-electron chi connectivity index (χ1n) is 10.1. The molecule has 1 unspecified atom stereocenters. The fourth-order valence-corrected chi connectivity index (χ4v) is 5.70. The van der Waals surface area contributed by atoms with E-state index < -0.39 is 16.1 Å². The third-order valence-corrected chi connectivity index (χ3v) is 7.33. The van der Waals surface area contributed by atoms with Gasteiger partial charge in [0.1, 0.15) is 27.8 Å². The van der Waals surface area contributed by atoms with Gasteiger partial charge < -0.3 is 9.80 Å². The van der Waals surface area contributed by atoms with Gasteiger partial charge in [0.2, 0.25) is 15.9 Å². The molecule has 0 aliphatic carbocycles. The van der Waals surface area contributed by atoms with Gasteiger partial charge in [0, 0.05) is 32.4 Å². The average molecular weight is 461 g/mol. The van der Waals surface area contributed by atoms with Crippen molar-refractivity contribution in [3.63, 3.8) is 0 Å². The zero-order valence-corrected chi connectivity index (χ0v) is 18.9. The Morgan fingerprint density at radius 1 is 1.06 bits per heavy atom. The lowest BCUT2D eigenvalue weighted by Gasteiger charge is -2.37. The van der Waals surface area contributed by atoms with Crippen LogP contribution in [-0.2, 0) is 14.8 Å². The Bertz CT molecular complexity index is 1160. The van der Waals surface area contributed by atoms with E-state index in [2.05, 4.69) is 23.4 Å². The number of benzene rings is 1. The topological polar surface area (TPSA) is 108 Å². The number of hydrogen-bond acceptors (Lipinski definition) is 8. The van der Waals surface area contributed by atoms with Crippen molar-refractivity contribution >= 4 is 44.5 Å². The molecule has 9 nitrogen and oxygen atoms in total. The van der Waals surface area contributed by atoms with Crippen LogP contribution in [0.15, 0.2) is 47.5 Å². The van der Waals surface area contributed by atoms with Gasteiger partial charge >= 0.3 is 0 Å². The van der Waals surface area contributed by atoms with Crippen molar-refractivity contribution in [2.75, 3.05) is 31.1 Å². The zero-order valence-electron chi connectivity index (χ0n) is 17.3. The molecule has 1 aliphatic rings. The standard InChI is InChI=1S/C20H24N6O3S2/c1-14(2)18(24-31(28,29)16-7-5-6-15-19(16)23-30-22-15)20(27)26-12-10-25(11-13-26)17-8-3-4-9-21-17/h3-9,14,18,24H,10-13H2,1-2H3. The third-order valence-electron chi connectivity index (χ3n) is 5.32. The Kier molecular flexibility index (Phi) is 6.17. The summed E-state index contributed by atoms with van der Waals surface area (Å²) >= 11 is 0.959. The van der Waals surface area contributed by atoms with Crippen LogP contribution in [0, 0.1) is 5.92 Å². The number of hydrogen-bond donors (Lipinski definition) is 1. The molecule has 2 aromatic heterocycles. The SMILES string of the molecule is CC(C)C(NS(=O)(=O)c1cccc2nsnc12)C(=O)N1CCN(c2ccccn2)CC1. The Labute approximate surface area is 185 Å². The molecule has 1 amide bonds. The molecule has 0 bridgehead atoms. The van der Waals surface area contributed by atoms with E-state index in [1.807, 2.05) is 32.0 Å². The molecule has 1 aromatic carbocycles. The zero-order chi connectivity index (χ0) is 22.0. The van der Waals surface area contributed by atoms with Crippen molar-refractivity contribution in [2.24, 2.45) is 5.92 Å². The van der Waals surface area contributed by atoms with Gasteiger partial charge in [0.25, 0.3) is 0 Å². The average Bonchev–Trinajstić information content (AvgIpc) is 3.26. The number of aromatic nitrogens is 3. The first-order chi connectivity index (χ1) is 14.9. The molecule has 31 heavy (non-hydrogen) atoms. The van der Waals surface area contributed by atoms with Crippen molar-refractivity contribution in [3.8, 4) is 0 Å². The molecule has 1 fully saturated rings. The molecular formula is C20H24N6O3S2. The number of anilines is 1. The van der Waals surface area contributed by atoms with E-state index in [9.17, 15) is 13.2 Å². The lowest BCUT2D eigenvalue weighted by Crippen LogP contribution is -2.56. The number of fused-ring (bicyclic) bond motifs is 1. The van der Waals surface area contributed by atoms with Crippen LogP contribution < -0.4 is 9.62 Å². The van der Waals surface area contributed by atoms with Crippen LogP contribution in [0.3, 0.4) is 0 Å². The normalized spacial score (nSPS) is 16.1. The second-order valence-corrected chi connectivity index (χ2v) is 9.94. The third kappa shape index (κ3) is 4.53. The molecule has 3 heterocycles. The Morgan fingerprint density at radius 2 is 1.84 bits per heavy atom. The van der Waals surface area contributed by atoms with Crippen LogP contribution in [0.1, 0.15) is 13.8 Å². The second kappa shape index (κ2) is 8.85. The summed E-state index contributed by atoms with van der Waals surface area (Å²) in [7, 11) is -3.95. The van der Waals surface area contributed by atoms with Crippen molar-refractivity contribution in [2.45, 2.75) is 24.8 Å². The minimum atomic E-state index is -3.95. The summed E-state index contributed by atoms with van der Waals surface area (Å²) in [5.74, 6) is 0.437. The van der Waals surface area contributed by atoms with Gasteiger partial charge in [-0.05, 0) is 30.2 Å². The van der Waals surface area contributed by atoms with Crippen LogP contribution in [0.4, 0.5) is 5.82 Å². The molecule has 0 radical (unpaired) electrons. The smallest absolute Gasteiger partial charge is 0.243 e. The van der Waals surface area contributed by atoms with Gasteiger partial charge in [-0.1, -0.05) is 26.0 Å². The Morgan fingerprint density at radius 3 is 2.52 bits per heavy atom. The van der Waals surface area contributed by atoms with E-state index in [1.165, 1.54) is 6.07 Å². The van der Waals surface area contributed by atoms with E-state index in [0.29, 0.717) is 37.2 Å². The molecule has 1 atom stereocenters. The number of carbonyl (C=O) groups is 1. The van der Waals surface area contributed by atoms with Crippen LogP contribution in [0.2, 0.25) is 0 Å². The molecule has 4 rings (SSSR count). The van der Waals surface area contributed by atoms with Gasteiger partial charge in [-0.3, -0.25) is 4.79 Å². The highest BCUT2D eigenvalue weighted by molar-refractivity contribution is 7.89. The summed E-state index contributed by atoms with van der Waals surface area (Å²) < 4.78 is 37.1. The number of sulfonamides is 1. The number of piperazine rings is 1. The molecule has 0 saturated carbocycles. The largest absolute Gasteiger partial charge is 0.353 e. The quantitative estimate of drug-likeness (QED) is 0.597. The van der Waals surface area contributed by atoms with Crippen LogP contribution in [0.5, 0.6) is 0 Å². The number of nitrogens with one attached hydrogen (secondary N) is 1. The van der Waals surface area contributed by atoms with Crippen LogP contribution in [-0.4, -0.2) is 65.2 Å². The summed E-state index contributed by atoms with van der Waals surface area (Å²) in [5, 5.41) is 0. The summed E-state index contributed by atoms with van der Waals surface area (Å²) in [6, 6.07) is 9.70. The molecular weight excluding hydrogens is 436 g/mol. The number of amides is 1. The van der Waals surface area contributed by atoms with Crippen molar-refractivity contribution in [1.29, 1.82) is 0 Å². The van der Waals surface area contributed by atoms with E-state index in [0.717, 1.165) is 17.5 Å². The van der Waals surface area contributed by atoms with Crippen molar-refractivity contribution in [3.05, 3.63) is 42.6 Å². The minimum Gasteiger partial charge on any atom is -0.353 e. The summed E-state index contributed by atoms with van der Waals surface area (Å²) in [6.45, 7) is 5.96. The van der Waals surface area contributed by atoms with Gasteiger partial charge in [-0.25, -0.2) is 13.4 Å². The highest BCUT2D eigenvalue weighted by Gasteiger charge is 2.34. The monoisotopic (exact) mass is 460 g/mol. The highest BCUT2D eigenvalue weighted by atomic mass is 32.2. The summed E-state index contributed by atoms with van der Waals surface area (Å²) in [5.41, 5.74) is 0.838. The van der Waals surface area contributed by atoms with Crippen molar-refractivity contribution in [1.82, 2.24) is 23.4 Å². The molecule has 0 spiro atoms. The fraction of sp³-hybridized carbons (Fsp3) is 0.400. The maximum atomic E-state index is 13.2. The molecule has 3 aromatic rings. The van der Waals surface area contributed by atoms with Crippen LogP contribution in [0.25, 0.3) is 11.0 Å². The van der Waals surface area contributed by atoms with E-state index in [-0.39, 0.29) is 16.7 Å². The fourth-order valence-electron chi connectivity index (χ4n) is 3.59. The molecule has 11 heteroatoms. The lowest BCUT2D eigenvalue weighted by molar-refractivity contribution is -0.134. The predicted molar refractivity (Wildman–Crippen MR) is 119 cm³/mol. The van der Waals surface area contributed by atoms with Crippen LogP contribution >= 0.6 is 11.7 Å². The van der Waals surface area contributed by atoms with E-state index >= 15 is 0 Å². The minimum absolute atomic E-state index is 0.0390. The maximum absolute atomic E-state index is 13.2. The van der Waals surface area contributed by atoms with E-state index in [4.69, 9.17) is 0 Å². The van der Waals surface area contributed by atoms with E-state index in [1.54, 1.807) is 23.2 Å². The number of nitrogens with zero attached hydrogens (tertiary/aromatic N) is 5. The highest BCUT2D eigenvalue weighted by Crippen LogP contribution is 2.22. The molecule has 1 saturated heterocycles. The van der Waals surface area contributed by atoms with Crippen molar-refractivity contribution < 1.29 is 13.2 Å². The Balaban J connectivity index is 1.49. The lowest BCUT2D eigenvalue weighted by atomic mass is 10.0. The molecule has 1 aliphatic heterocycles. The Hall–Kier alpha value is -2.63. The van der Waals surface area contributed by atoms with Gasteiger partial charge in [0.15, 0.2) is 0 Å². The maximum Gasteiger partial charge on any atom is 0.243 e. The summed E-state index contributed by atoms with van der Waals surface area (Å²) in [6.07, 6.45) is 1.74.